The lowest BCUT2D eigenvalue weighted by Crippen LogP contribution is -2.47. The Morgan fingerprint density at radius 1 is 1.44 bits per heavy atom. The Labute approximate surface area is 96.1 Å². The molecule has 4 nitrogen and oxygen atoms in total. The maximum absolute atomic E-state index is 12.2. The number of nitrogens with two attached hydrogens (primary N) is 1. The van der Waals surface area contributed by atoms with Crippen LogP contribution < -0.4 is 5.73 Å². The summed E-state index contributed by atoms with van der Waals surface area (Å²) in [6, 6.07) is 0.0396. The highest BCUT2D eigenvalue weighted by Gasteiger charge is 2.32. The van der Waals surface area contributed by atoms with Gasteiger partial charge in [-0.25, -0.2) is 0 Å². The van der Waals surface area contributed by atoms with Gasteiger partial charge >= 0.3 is 0 Å². The van der Waals surface area contributed by atoms with Gasteiger partial charge in [-0.05, 0) is 25.7 Å². The first-order valence-corrected chi connectivity index (χ1v) is 6.07. The fraction of sp³-hybridized carbons (Fsp3) is 0.750. The molecule has 3 atom stereocenters. The summed E-state index contributed by atoms with van der Waals surface area (Å²) >= 11 is 0. The molecule has 0 aromatic carbocycles. The third-order valence-corrected chi connectivity index (χ3v) is 3.55. The molecule has 2 aliphatic rings. The maximum atomic E-state index is 12.2. The molecule has 1 fully saturated rings. The molecule has 0 aromatic heterocycles. The van der Waals surface area contributed by atoms with Gasteiger partial charge in [-0.2, -0.15) is 0 Å². The molecule has 90 valence electrons. The molecule has 1 aliphatic carbocycles. The van der Waals surface area contributed by atoms with Crippen LogP contribution in [0.1, 0.15) is 25.7 Å². The summed E-state index contributed by atoms with van der Waals surface area (Å²) in [5.41, 5.74) is 5.75. The number of aliphatic hydroxyl groups excluding tert-OH is 1. The Hall–Kier alpha value is -0.870. The van der Waals surface area contributed by atoms with Crippen LogP contribution in [0.2, 0.25) is 0 Å². The molecule has 16 heavy (non-hydrogen) atoms. The number of hydrogen-bond acceptors (Lipinski definition) is 3. The molecule has 3 unspecified atom stereocenters. The summed E-state index contributed by atoms with van der Waals surface area (Å²) in [6.45, 7) is 0.859. The van der Waals surface area contributed by atoms with Gasteiger partial charge < -0.3 is 15.7 Å². The smallest absolute Gasteiger partial charge is 0.229 e. The van der Waals surface area contributed by atoms with E-state index in [-0.39, 0.29) is 30.5 Å². The van der Waals surface area contributed by atoms with E-state index in [0.29, 0.717) is 6.42 Å². The van der Waals surface area contributed by atoms with Gasteiger partial charge in [-0.15, -0.1) is 0 Å². The zero-order valence-electron chi connectivity index (χ0n) is 9.51. The minimum Gasteiger partial charge on any atom is -0.394 e. The van der Waals surface area contributed by atoms with Crippen molar-refractivity contribution in [2.75, 3.05) is 13.2 Å². The Morgan fingerprint density at radius 3 is 2.88 bits per heavy atom. The molecular weight excluding hydrogens is 204 g/mol. The summed E-state index contributed by atoms with van der Waals surface area (Å²) < 4.78 is 0. The molecule has 1 amide bonds. The monoisotopic (exact) mass is 224 g/mol. The maximum Gasteiger partial charge on any atom is 0.229 e. The Bertz CT molecular complexity index is 291. The molecular formula is C12H20N2O2. The van der Waals surface area contributed by atoms with E-state index in [2.05, 4.69) is 0 Å². The first kappa shape index (κ1) is 11.6. The summed E-state index contributed by atoms with van der Waals surface area (Å²) in [7, 11) is 0. The van der Waals surface area contributed by atoms with Crippen molar-refractivity contribution < 1.29 is 9.90 Å². The van der Waals surface area contributed by atoms with Crippen LogP contribution in [0.15, 0.2) is 12.2 Å². The molecule has 0 aromatic rings. The van der Waals surface area contributed by atoms with Crippen molar-refractivity contribution in [2.24, 2.45) is 11.7 Å². The molecule has 0 spiro atoms. The van der Waals surface area contributed by atoms with Crippen LogP contribution in [0.4, 0.5) is 0 Å². The number of likely N-dealkylation sites (tertiary alicyclic amines) is 1. The summed E-state index contributed by atoms with van der Waals surface area (Å²) in [5, 5.41) is 9.27. The Balaban J connectivity index is 1.99. The van der Waals surface area contributed by atoms with Crippen LogP contribution in [0, 0.1) is 5.92 Å². The van der Waals surface area contributed by atoms with Crippen LogP contribution in [0.5, 0.6) is 0 Å². The topological polar surface area (TPSA) is 66.6 Å². The highest BCUT2D eigenvalue weighted by Crippen LogP contribution is 2.24. The van der Waals surface area contributed by atoms with Gasteiger partial charge in [0, 0.05) is 12.6 Å². The second-order valence-electron chi connectivity index (χ2n) is 4.75. The first-order valence-electron chi connectivity index (χ1n) is 6.07. The minimum absolute atomic E-state index is 0.0197. The quantitative estimate of drug-likeness (QED) is 0.661. The van der Waals surface area contributed by atoms with Crippen LogP contribution in [0.3, 0.4) is 0 Å². The largest absolute Gasteiger partial charge is 0.394 e. The van der Waals surface area contributed by atoms with Crippen molar-refractivity contribution in [3.63, 3.8) is 0 Å². The van der Waals surface area contributed by atoms with Gasteiger partial charge in [0.25, 0.3) is 0 Å². The SMILES string of the molecule is NC1C=CC(C(=O)N2CCCCC2CO)C1. The molecule has 3 N–H and O–H groups in total. The third kappa shape index (κ3) is 2.28. The predicted octanol–water partition coefficient (Wildman–Crippen LogP) is 0.263. The van der Waals surface area contributed by atoms with Crippen molar-refractivity contribution in [1.82, 2.24) is 4.90 Å². The lowest BCUT2D eigenvalue weighted by molar-refractivity contribution is -0.138. The first-order chi connectivity index (χ1) is 7.72. The molecule has 1 aliphatic heterocycles. The van der Waals surface area contributed by atoms with Gasteiger partial charge in [-0.1, -0.05) is 12.2 Å². The second kappa shape index (κ2) is 4.97. The Kier molecular flexibility index (Phi) is 3.61. The van der Waals surface area contributed by atoms with Gasteiger partial charge in [0.15, 0.2) is 0 Å². The van der Waals surface area contributed by atoms with Crippen molar-refractivity contribution in [2.45, 2.75) is 37.8 Å². The summed E-state index contributed by atoms with van der Waals surface area (Å²) in [5.74, 6) is 0.0742. The number of rotatable bonds is 2. The number of amides is 1. The van der Waals surface area contributed by atoms with E-state index in [1.165, 1.54) is 0 Å². The van der Waals surface area contributed by atoms with Crippen LogP contribution >= 0.6 is 0 Å². The lowest BCUT2D eigenvalue weighted by Gasteiger charge is -2.36. The number of carbonyl (C=O) groups is 1. The number of carbonyl (C=O) groups excluding carboxylic acids is 1. The average Bonchev–Trinajstić information content (AvgIpc) is 2.75. The van der Waals surface area contributed by atoms with Crippen LogP contribution in [-0.2, 0) is 4.79 Å². The average molecular weight is 224 g/mol. The fourth-order valence-corrected chi connectivity index (χ4v) is 2.60. The predicted molar refractivity (Wildman–Crippen MR) is 61.7 cm³/mol. The van der Waals surface area contributed by atoms with Crippen molar-refractivity contribution in [3.05, 3.63) is 12.2 Å². The van der Waals surface area contributed by atoms with E-state index in [1.807, 2.05) is 17.1 Å². The van der Waals surface area contributed by atoms with E-state index < -0.39 is 0 Å². The zero-order chi connectivity index (χ0) is 11.5. The number of hydrogen-bond donors (Lipinski definition) is 2. The van der Waals surface area contributed by atoms with Crippen molar-refractivity contribution in [3.8, 4) is 0 Å². The second-order valence-corrected chi connectivity index (χ2v) is 4.75. The van der Waals surface area contributed by atoms with E-state index in [9.17, 15) is 9.90 Å². The molecule has 0 saturated carbocycles. The van der Waals surface area contributed by atoms with Crippen LogP contribution in [0.25, 0.3) is 0 Å². The van der Waals surface area contributed by atoms with E-state index in [4.69, 9.17) is 5.73 Å². The van der Waals surface area contributed by atoms with Crippen LogP contribution in [-0.4, -0.2) is 41.1 Å². The van der Waals surface area contributed by atoms with E-state index in [0.717, 1.165) is 25.8 Å². The van der Waals surface area contributed by atoms with Crippen molar-refractivity contribution >= 4 is 5.91 Å². The lowest BCUT2D eigenvalue weighted by atomic mass is 9.99. The highest BCUT2D eigenvalue weighted by molar-refractivity contribution is 5.81. The van der Waals surface area contributed by atoms with Gasteiger partial charge in [0.2, 0.25) is 5.91 Å². The number of piperidine rings is 1. The number of nitrogens with zero attached hydrogens (tertiary/aromatic N) is 1. The van der Waals surface area contributed by atoms with E-state index in [1.54, 1.807) is 0 Å². The molecule has 1 saturated heterocycles. The molecule has 1 heterocycles. The third-order valence-electron chi connectivity index (χ3n) is 3.55. The normalized spacial score (nSPS) is 34.4. The Morgan fingerprint density at radius 2 is 2.25 bits per heavy atom. The fourth-order valence-electron chi connectivity index (χ4n) is 2.60. The summed E-state index contributed by atoms with van der Waals surface area (Å²) in [4.78, 5) is 14.1. The van der Waals surface area contributed by atoms with Gasteiger partial charge in [-0.3, -0.25) is 4.79 Å². The number of aliphatic hydroxyl groups is 1. The minimum atomic E-state index is -0.0675. The molecule has 2 rings (SSSR count). The molecule has 4 heteroatoms. The molecule has 0 radical (unpaired) electrons. The van der Waals surface area contributed by atoms with Gasteiger partial charge in [0.1, 0.15) is 0 Å². The van der Waals surface area contributed by atoms with Crippen molar-refractivity contribution in [1.29, 1.82) is 0 Å². The summed E-state index contributed by atoms with van der Waals surface area (Å²) in [6.07, 6.45) is 7.61. The van der Waals surface area contributed by atoms with E-state index >= 15 is 0 Å². The highest BCUT2D eigenvalue weighted by atomic mass is 16.3. The standard InChI is InChI=1S/C12H20N2O2/c13-10-5-4-9(7-10)12(16)14-6-2-1-3-11(14)8-15/h4-5,9-11,15H,1-3,6-8,13H2. The zero-order valence-corrected chi connectivity index (χ0v) is 9.51. The van der Waals surface area contributed by atoms with Gasteiger partial charge in [0.05, 0.1) is 18.6 Å². The molecule has 0 bridgehead atoms.